The zero-order valence-electron chi connectivity index (χ0n) is 21.3. The summed E-state index contributed by atoms with van der Waals surface area (Å²) in [6, 6.07) is 21.5. The minimum atomic E-state index is -0.903. The third-order valence-electron chi connectivity index (χ3n) is 5.55. The summed E-state index contributed by atoms with van der Waals surface area (Å²) in [7, 11) is 1.59. The van der Waals surface area contributed by atoms with Crippen LogP contribution in [0.15, 0.2) is 78.9 Å². The number of anilines is 2. The highest BCUT2D eigenvalue weighted by Crippen LogP contribution is 2.28. The minimum absolute atomic E-state index is 0.256. The van der Waals surface area contributed by atoms with Crippen molar-refractivity contribution in [2.24, 2.45) is 0 Å². The highest BCUT2D eigenvalue weighted by molar-refractivity contribution is 7.18. The molecule has 0 aliphatic rings. The van der Waals surface area contributed by atoms with Crippen molar-refractivity contribution in [2.75, 3.05) is 24.4 Å². The van der Waals surface area contributed by atoms with Crippen LogP contribution in [0.1, 0.15) is 22.8 Å². The molecule has 200 valence electrons. The first kappa shape index (κ1) is 27.3. The molecule has 0 saturated carbocycles. The summed E-state index contributed by atoms with van der Waals surface area (Å²) in [6.45, 7) is 2.00. The van der Waals surface area contributed by atoms with Crippen LogP contribution in [-0.2, 0) is 16.0 Å². The van der Waals surface area contributed by atoms with E-state index in [1.54, 1.807) is 38.3 Å². The normalized spacial score (nSPS) is 11.2. The maximum absolute atomic E-state index is 13.2. The van der Waals surface area contributed by atoms with E-state index in [0.717, 1.165) is 16.9 Å². The topological polar surface area (TPSA) is 132 Å². The van der Waals surface area contributed by atoms with Crippen molar-refractivity contribution in [3.63, 3.8) is 0 Å². The molecule has 0 saturated heterocycles. The molecule has 1 aromatic heterocycles. The number of benzene rings is 3. The number of methoxy groups -OCH3 is 1. The Kier molecular flexibility index (Phi) is 9.20. The maximum atomic E-state index is 13.2. The molecule has 3 amide bonds. The van der Waals surface area contributed by atoms with Crippen LogP contribution in [0.5, 0.6) is 5.75 Å². The van der Waals surface area contributed by atoms with Crippen LogP contribution >= 0.6 is 11.3 Å². The van der Waals surface area contributed by atoms with Gasteiger partial charge >= 0.3 is 12.0 Å². The molecule has 10 nitrogen and oxygen atoms in total. The number of hydrogen-bond acceptors (Lipinski definition) is 8. The number of rotatable bonds is 10. The minimum Gasteiger partial charge on any atom is -0.497 e. The van der Waals surface area contributed by atoms with Gasteiger partial charge in [-0.3, -0.25) is 10.1 Å². The number of carbonyl (C=O) groups is 3. The van der Waals surface area contributed by atoms with E-state index in [2.05, 4.69) is 26.1 Å². The summed E-state index contributed by atoms with van der Waals surface area (Å²) in [5.74, 6) is -0.163. The second-order valence-corrected chi connectivity index (χ2v) is 9.25. The first-order valence-corrected chi connectivity index (χ1v) is 12.9. The fraction of sp³-hybridized carbons (Fsp3) is 0.179. The number of carbonyl (C=O) groups excluding carboxylic acids is 3. The van der Waals surface area contributed by atoms with E-state index in [1.807, 2.05) is 54.6 Å². The molecule has 0 fully saturated rings. The third kappa shape index (κ3) is 7.62. The number of ether oxygens (including phenoxy) is 2. The highest BCUT2D eigenvalue weighted by Gasteiger charge is 2.23. The predicted octanol–water partition coefficient (Wildman–Crippen LogP) is 4.76. The van der Waals surface area contributed by atoms with Gasteiger partial charge in [0.05, 0.1) is 19.3 Å². The molecule has 11 heteroatoms. The van der Waals surface area contributed by atoms with Crippen molar-refractivity contribution in [2.45, 2.75) is 19.4 Å². The third-order valence-corrected chi connectivity index (χ3v) is 6.44. The molecule has 3 N–H and O–H groups in total. The lowest BCUT2D eigenvalue weighted by Crippen LogP contribution is -2.46. The lowest BCUT2D eigenvalue weighted by Gasteiger charge is -2.18. The molecule has 0 radical (unpaired) electrons. The smallest absolute Gasteiger partial charge is 0.338 e. The van der Waals surface area contributed by atoms with Crippen LogP contribution in [-0.4, -0.2) is 47.9 Å². The molecule has 4 rings (SSSR count). The molecular formula is C28H27N5O5S. The second kappa shape index (κ2) is 13.2. The summed E-state index contributed by atoms with van der Waals surface area (Å²) >= 11 is 1.22. The van der Waals surface area contributed by atoms with Gasteiger partial charge in [-0.25, -0.2) is 9.59 Å². The first-order valence-electron chi connectivity index (χ1n) is 12.1. The highest BCUT2D eigenvalue weighted by atomic mass is 32.1. The lowest BCUT2D eigenvalue weighted by atomic mass is 10.1. The summed E-state index contributed by atoms with van der Waals surface area (Å²) in [5.41, 5.74) is 2.52. The molecule has 1 heterocycles. The summed E-state index contributed by atoms with van der Waals surface area (Å²) < 4.78 is 10.2. The van der Waals surface area contributed by atoms with E-state index >= 15 is 0 Å². The van der Waals surface area contributed by atoms with Crippen molar-refractivity contribution in [3.8, 4) is 16.3 Å². The Morgan fingerprint density at radius 3 is 2.28 bits per heavy atom. The number of urea groups is 1. The van der Waals surface area contributed by atoms with Gasteiger partial charge in [-0.15, -0.1) is 10.2 Å². The van der Waals surface area contributed by atoms with Gasteiger partial charge in [0.25, 0.3) is 0 Å². The fourth-order valence-corrected chi connectivity index (χ4v) is 4.36. The van der Waals surface area contributed by atoms with Crippen LogP contribution in [0, 0.1) is 0 Å². The Morgan fingerprint density at radius 2 is 1.62 bits per heavy atom. The number of amides is 3. The summed E-state index contributed by atoms with van der Waals surface area (Å²) in [4.78, 5) is 37.9. The average molecular weight is 546 g/mol. The van der Waals surface area contributed by atoms with E-state index in [4.69, 9.17) is 9.47 Å². The van der Waals surface area contributed by atoms with Crippen LogP contribution in [0.3, 0.4) is 0 Å². The van der Waals surface area contributed by atoms with Crippen molar-refractivity contribution in [1.29, 1.82) is 0 Å². The zero-order chi connectivity index (χ0) is 27.6. The van der Waals surface area contributed by atoms with E-state index in [-0.39, 0.29) is 13.0 Å². The molecule has 3 aromatic carbocycles. The fourth-order valence-electron chi connectivity index (χ4n) is 3.61. The monoisotopic (exact) mass is 545 g/mol. The van der Waals surface area contributed by atoms with Crippen molar-refractivity contribution in [1.82, 2.24) is 15.5 Å². The predicted molar refractivity (Wildman–Crippen MR) is 149 cm³/mol. The molecule has 1 unspecified atom stereocenters. The molecular weight excluding hydrogens is 518 g/mol. The van der Waals surface area contributed by atoms with Crippen LogP contribution in [0.4, 0.5) is 15.6 Å². The average Bonchev–Trinajstić information content (AvgIpc) is 3.42. The zero-order valence-corrected chi connectivity index (χ0v) is 22.2. The summed E-state index contributed by atoms with van der Waals surface area (Å²) in [6.07, 6.45) is 0.256. The first-order chi connectivity index (χ1) is 18.9. The van der Waals surface area contributed by atoms with E-state index in [0.29, 0.717) is 21.4 Å². The Balaban J connectivity index is 1.43. The number of nitrogens with one attached hydrogen (secondary N) is 3. The Labute approximate surface area is 229 Å². The second-order valence-electron chi connectivity index (χ2n) is 8.27. The van der Waals surface area contributed by atoms with Crippen molar-refractivity contribution < 1.29 is 23.9 Å². The van der Waals surface area contributed by atoms with Crippen LogP contribution in [0.25, 0.3) is 10.6 Å². The van der Waals surface area contributed by atoms with Gasteiger partial charge in [0, 0.05) is 17.7 Å². The number of aromatic nitrogens is 2. The van der Waals surface area contributed by atoms with Gasteiger partial charge in [0.1, 0.15) is 16.8 Å². The summed E-state index contributed by atoms with van der Waals surface area (Å²) in [5, 5.41) is 17.4. The quantitative estimate of drug-likeness (QED) is 0.245. The van der Waals surface area contributed by atoms with Crippen molar-refractivity contribution in [3.05, 3.63) is 90.0 Å². The van der Waals surface area contributed by atoms with Crippen LogP contribution < -0.4 is 20.7 Å². The van der Waals surface area contributed by atoms with E-state index < -0.39 is 23.9 Å². The lowest BCUT2D eigenvalue weighted by molar-refractivity contribution is -0.117. The SMILES string of the molecule is CCOC(=O)c1ccc(NC(=O)NC(Cc2ccccc2)C(=O)Nc2nnc(-c3ccc(OC)cc3)s2)cc1. The van der Waals surface area contributed by atoms with Crippen molar-refractivity contribution >= 4 is 40.1 Å². The van der Waals surface area contributed by atoms with Gasteiger partial charge in [0.15, 0.2) is 0 Å². The van der Waals surface area contributed by atoms with Gasteiger partial charge in [-0.05, 0) is 61.0 Å². The number of esters is 1. The van der Waals surface area contributed by atoms with E-state index in [1.165, 1.54) is 11.3 Å². The molecule has 0 aliphatic heterocycles. The molecule has 0 aliphatic carbocycles. The largest absolute Gasteiger partial charge is 0.497 e. The number of hydrogen-bond donors (Lipinski definition) is 3. The Hall–Kier alpha value is -4.77. The van der Waals surface area contributed by atoms with E-state index in [9.17, 15) is 14.4 Å². The Morgan fingerprint density at radius 1 is 0.897 bits per heavy atom. The van der Waals surface area contributed by atoms with Gasteiger partial charge in [-0.2, -0.15) is 0 Å². The molecule has 0 spiro atoms. The maximum Gasteiger partial charge on any atom is 0.338 e. The van der Waals surface area contributed by atoms with Gasteiger partial charge in [0.2, 0.25) is 11.0 Å². The molecule has 39 heavy (non-hydrogen) atoms. The molecule has 0 bridgehead atoms. The molecule has 1 atom stereocenters. The van der Waals surface area contributed by atoms with Gasteiger partial charge < -0.3 is 20.1 Å². The molecule has 4 aromatic rings. The standard InChI is InChI=1S/C28H27N5O5S/c1-3-38-26(35)20-9-13-21(14-10-20)29-27(36)30-23(17-18-7-5-4-6-8-18)24(34)31-28-33-32-25(39-28)19-11-15-22(37-2)16-12-19/h4-16,23H,3,17H2,1-2H3,(H2,29,30,36)(H,31,33,34). The number of nitrogens with zero attached hydrogens (tertiary/aromatic N) is 2. The van der Waals surface area contributed by atoms with Crippen LogP contribution in [0.2, 0.25) is 0 Å². The van der Waals surface area contributed by atoms with Gasteiger partial charge in [-0.1, -0.05) is 41.7 Å². The Bertz CT molecular complexity index is 1410.